The molecule has 2 aromatic heterocycles. The van der Waals surface area contributed by atoms with Crippen LogP contribution in [0.4, 0.5) is 0 Å². The number of hydrogen-bond acceptors (Lipinski definition) is 5. The fourth-order valence-electron chi connectivity index (χ4n) is 2.22. The number of fused-ring (bicyclic) bond motifs is 1. The lowest BCUT2D eigenvalue weighted by atomic mass is 9.87. The molecule has 23 heavy (non-hydrogen) atoms. The van der Waals surface area contributed by atoms with E-state index >= 15 is 0 Å². The van der Waals surface area contributed by atoms with Gasteiger partial charge in [0.2, 0.25) is 4.96 Å². The van der Waals surface area contributed by atoms with Crippen LogP contribution in [0.1, 0.15) is 37.6 Å². The van der Waals surface area contributed by atoms with E-state index in [1.165, 1.54) is 21.4 Å². The van der Waals surface area contributed by atoms with E-state index in [-0.39, 0.29) is 16.7 Å². The summed E-state index contributed by atoms with van der Waals surface area (Å²) >= 11 is 1.17. The molecule has 0 unspecified atom stereocenters. The first-order chi connectivity index (χ1) is 10.8. The first-order valence-electron chi connectivity index (χ1n) is 7.28. The Balaban J connectivity index is 2.13. The number of nitrogens with zero attached hydrogens (tertiary/aromatic N) is 3. The molecule has 3 rings (SSSR count). The van der Waals surface area contributed by atoms with Crippen molar-refractivity contribution in [1.82, 2.24) is 14.6 Å². The van der Waals surface area contributed by atoms with Gasteiger partial charge in [0, 0.05) is 0 Å². The molecule has 0 radical (unpaired) electrons. The van der Waals surface area contributed by atoms with Crippen LogP contribution in [0, 0.1) is 6.92 Å². The lowest BCUT2D eigenvalue weighted by molar-refractivity contribution is 0.590. The van der Waals surface area contributed by atoms with Gasteiger partial charge >= 0.3 is 0 Å². The topological polar surface area (TPSA) is 64.3 Å². The Labute approximate surface area is 136 Å². The van der Waals surface area contributed by atoms with Crippen molar-refractivity contribution < 1.29 is 0 Å². The van der Waals surface area contributed by atoms with Gasteiger partial charge in [-0.15, -0.1) is 0 Å². The van der Waals surface area contributed by atoms with Crippen molar-refractivity contribution in [3.63, 3.8) is 0 Å². The van der Waals surface area contributed by atoms with Gasteiger partial charge in [0.1, 0.15) is 5.69 Å². The number of aryl methyl sites for hydroxylation is 1. The van der Waals surface area contributed by atoms with E-state index in [0.717, 1.165) is 5.56 Å². The molecule has 5 nitrogen and oxygen atoms in total. The standard InChI is InChI=1S/C17H17N3O2S/c1-10-14(21)18-16-20(19-10)15(22)13(23-16)9-11-5-7-12(8-6-11)17(2,3)4/h5-9H,1-4H3/b13-9+. The third-order valence-electron chi connectivity index (χ3n) is 3.62. The third-order valence-corrected chi connectivity index (χ3v) is 4.58. The number of thiazole rings is 1. The molecule has 3 aromatic rings. The van der Waals surface area contributed by atoms with Crippen LogP contribution in [0.3, 0.4) is 0 Å². The molecule has 0 aliphatic heterocycles. The maximum atomic E-state index is 12.4. The fourth-order valence-corrected chi connectivity index (χ4v) is 3.12. The molecule has 0 spiro atoms. The van der Waals surface area contributed by atoms with E-state index in [9.17, 15) is 9.59 Å². The van der Waals surface area contributed by atoms with Gasteiger partial charge in [0.25, 0.3) is 11.1 Å². The van der Waals surface area contributed by atoms with Crippen molar-refractivity contribution in [3.05, 3.63) is 66.3 Å². The Morgan fingerprint density at radius 2 is 1.78 bits per heavy atom. The zero-order chi connectivity index (χ0) is 16.8. The Bertz CT molecular complexity index is 1040. The van der Waals surface area contributed by atoms with Gasteiger partial charge in [0.05, 0.1) is 4.53 Å². The molecule has 2 heterocycles. The average molecular weight is 327 g/mol. The summed E-state index contributed by atoms with van der Waals surface area (Å²) in [6.45, 7) is 8.02. The minimum atomic E-state index is -0.396. The highest BCUT2D eigenvalue weighted by atomic mass is 32.1. The Morgan fingerprint density at radius 3 is 2.39 bits per heavy atom. The summed E-state index contributed by atoms with van der Waals surface area (Å²) in [5.74, 6) is 0. The lowest BCUT2D eigenvalue weighted by Crippen LogP contribution is -2.27. The quantitative estimate of drug-likeness (QED) is 0.682. The van der Waals surface area contributed by atoms with E-state index in [1.54, 1.807) is 13.0 Å². The fraction of sp³-hybridized carbons (Fsp3) is 0.294. The number of hydrogen-bond donors (Lipinski definition) is 0. The minimum absolute atomic E-state index is 0.0889. The summed E-state index contributed by atoms with van der Waals surface area (Å²) in [4.78, 5) is 28.1. The largest absolute Gasteiger partial charge is 0.295 e. The summed E-state index contributed by atoms with van der Waals surface area (Å²) in [5, 5.41) is 4.00. The molecular weight excluding hydrogens is 310 g/mol. The molecule has 0 atom stereocenters. The highest BCUT2D eigenvalue weighted by Crippen LogP contribution is 2.22. The predicted molar refractivity (Wildman–Crippen MR) is 92.1 cm³/mol. The van der Waals surface area contributed by atoms with E-state index in [0.29, 0.717) is 9.49 Å². The van der Waals surface area contributed by atoms with Gasteiger partial charge in [0.15, 0.2) is 0 Å². The van der Waals surface area contributed by atoms with Gasteiger partial charge in [-0.2, -0.15) is 14.6 Å². The number of rotatable bonds is 1. The molecule has 0 saturated carbocycles. The van der Waals surface area contributed by atoms with Crippen LogP contribution in [-0.4, -0.2) is 14.6 Å². The van der Waals surface area contributed by atoms with Crippen molar-refractivity contribution >= 4 is 22.4 Å². The SMILES string of the molecule is Cc1nn2c(=O)/c(=C\c3ccc(C(C)(C)C)cc3)sc2nc1=O. The molecule has 0 aliphatic carbocycles. The predicted octanol–water partition coefficient (Wildman–Crippen LogP) is 1.66. The van der Waals surface area contributed by atoms with Crippen molar-refractivity contribution in [2.24, 2.45) is 0 Å². The Hall–Kier alpha value is -2.34. The highest BCUT2D eigenvalue weighted by Gasteiger charge is 2.13. The van der Waals surface area contributed by atoms with E-state index in [2.05, 4.69) is 43.0 Å². The molecule has 0 aliphatic rings. The molecule has 0 fully saturated rings. The molecule has 6 heteroatoms. The van der Waals surface area contributed by atoms with Crippen LogP contribution in [0.5, 0.6) is 0 Å². The average Bonchev–Trinajstić information content (AvgIpc) is 2.76. The van der Waals surface area contributed by atoms with Gasteiger partial charge in [-0.25, -0.2) is 0 Å². The zero-order valence-corrected chi connectivity index (χ0v) is 14.3. The van der Waals surface area contributed by atoms with Gasteiger partial charge in [-0.05, 0) is 29.5 Å². The summed E-state index contributed by atoms with van der Waals surface area (Å²) in [6.07, 6.45) is 1.80. The zero-order valence-electron chi connectivity index (χ0n) is 13.5. The molecule has 0 saturated heterocycles. The van der Waals surface area contributed by atoms with Crippen LogP contribution in [0.15, 0.2) is 33.9 Å². The van der Waals surface area contributed by atoms with Gasteiger partial charge < -0.3 is 0 Å². The minimum Gasteiger partial charge on any atom is -0.266 e. The van der Waals surface area contributed by atoms with E-state index in [4.69, 9.17) is 0 Å². The molecule has 0 N–H and O–H groups in total. The van der Waals surface area contributed by atoms with Gasteiger partial charge in [-0.3, -0.25) is 9.59 Å². The van der Waals surface area contributed by atoms with Crippen LogP contribution in [-0.2, 0) is 5.41 Å². The molecule has 1 aromatic carbocycles. The summed E-state index contributed by atoms with van der Waals surface area (Å²) in [6, 6.07) is 8.10. The van der Waals surface area contributed by atoms with Gasteiger partial charge in [-0.1, -0.05) is 56.4 Å². The third kappa shape index (κ3) is 2.94. The number of benzene rings is 1. The van der Waals surface area contributed by atoms with Crippen molar-refractivity contribution in [2.75, 3.05) is 0 Å². The molecule has 0 bridgehead atoms. The Morgan fingerprint density at radius 1 is 1.13 bits per heavy atom. The van der Waals surface area contributed by atoms with Crippen LogP contribution in [0.2, 0.25) is 0 Å². The normalized spacial score (nSPS) is 13.0. The summed E-state index contributed by atoms with van der Waals surface area (Å²) in [7, 11) is 0. The first-order valence-corrected chi connectivity index (χ1v) is 8.10. The molecule has 0 amide bonds. The van der Waals surface area contributed by atoms with Crippen LogP contribution in [0.25, 0.3) is 11.0 Å². The van der Waals surface area contributed by atoms with Crippen molar-refractivity contribution in [1.29, 1.82) is 0 Å². The van der Waals surface area contributed by atoms with Crippen LogP contribution >= 0.6 is 11.3 Å². The molecular formula is C17H17N3O2S. The Kier molecular flexibility index (Phi) is 3.64. The summed E-state index contributed by atoms with van der Waals surface area (Å²) in [5.41, 5.74) is 1.83. The van der Waals surface area contributed by atoms with E-state index < -0.39 is 5.56 Å². The highest BCUT2D eigenvalue weighted by molar-refractivity contribution is 7.15. The molecule has 118 valence electrons. The maximum Gasteiger partial charge on any atom is 0.295 e. The summed E-state index contributed by atoms with van der Waals surface area (Å²) < 4.78 is 1.70. The van der Waals surface area contributed by atoms with Crippen molar-refractivity contribution in [2.45, 2.75) is 33.1 Å². The maximum absolute atomic E-state index is 12.4. The second-order valence-electron chi connectivity index (χ2n) is 6.48. The first kappa shape index (κ1) is 15.6. The number of aromatic nitrogens is 3. The smallest absolute Gasteiger partial charge is 0.266 e. The van der Waals surface area contributed by atoms with Crippen LogP contribution < -0.4 is 15.7 Å². The monoisotopic (exact) mass is 327 g/mol. The second-order valence-corrected chi connectivity index (χ2v) is 7.49. The van der Waals surface area contributed by atoms with E-state index in [1.807, 2.05) is 12.1 Å². The second kappa shape index (κ2) is 5.38. The lowest BCUT2D eigenvalue weighted by Gasteiger charge is -2.18. The van der Waals surface area contributed by atoms with Crippen molar-refractivity contribution in [3.8, 4) is 0 Å².